The molecule has 1 aromatic rings. The third kappa shape index (κ3) is 4.31. The summed E-state index contributed by atoms with van der Waals surface area (Å²) in [4.78, 5) is 16.0. The number of hydrogen-bond acceptors (Lipinski definition) is 4. The molecule has 1 atom stereocenters. The van der Waals surface area contributed by atoms with Crippen molar-refractivity contribution in [1.29, 1.82) is 0 Å². The number of carbonyl (C=O) groups is 1. The number of amides is 1. The van der Waals surface area contributed by atoms with Gasteiger partial charge in [0, 0.05) is 48.9 Å². The molecule has 1 aliphatic heterocycles. The molecule has 18 heavy (non-hydrogen) atoms. The molecule has 1 unspecified atom stereocenters. The number of pyridine rings is 1. The summed E-state index contributed by atoms with van der Waals surface area (Å²) in [5, 5.41) is 6.30. The van der Waals surface area contributed by atoms with Crippen molar-refractivity contribution in [1.82, 2.24) is 15.6 Å². The van der Waals surface area contributed by atoms with Crippen LogP contribution >= 0.6 is 11.8 Å². The molecular formula is C13H19N3OS. The topological polar surface area (TPSA) is 54.0 Å². The van der Waals surface area contributed by atoms with E-state index in [2.05, 4.69) is 15.6 Å². The van der Waals surface area contributed by atoms with E-state index in [9.17, 15) is 4.79 Å². The molecule has 2 rings (SSSR count). The fraction of sp³-hybridized carbons (Fsp3) is 0.538. The molecule has 0 radical (unpaired) electrons. The second-order valence-electron chi connectivity index (χ2n) is 4.51. The molecule has 2 heterocycles. The predicted molar refractivity (Wildman–Crippen MR) is 74.6 cm³/mol. The molecular weight excluding hydrogens is 246 g/mol. The normalized spacial score (nSPS) is 19.5. The van der Waals surface area contributed by atoms with Crippen LogP contribution in [0.1, 0.15) is 17.7 Å². The summed E-state index contributed by atoms with van der Waals surface area (Å²) in [6.45, 7) is 3.52. The number of nitrogens with one attached hydrogen (secondary N) is 2. The maximum Gasteiger partial charge on any atom is 0.221 e. The highest BCUT2D eigenvalue weighted by molar-refractivity contribution is 7.99. The maximum absolute atomic E-state index is 11.8. The number of aryl methyl sites for hydroxylation is 1. The van der Waals surface area contributed by atoms with Gasteiger partial charge in [-0.25, -0.2) is 0 Å². The fourth-order valence-electron chi connectivity index (χ4n) is 1.85. The second-order valence-corrected chi connectivity index (χ2v) is 5.66. The van der Waals surface area contributed by atoms with Crippen molar-refractivity contribution in [3.63, 3.8) is 0 Å². The van der Waals surface area contributed by atoms with Crippen LogP contribution in [0.25, 0.3) is 0 Å². The molecule has 2 N–H and O–H groups in total. The Morgan fingerprint density at radius 2 is 2.50 bits per heavy atom. The number of thioether (sulfide) groups is 1. The van der Waals surface area contributed by atoms with E-state index in [-0.39, 0.29) is 5.91 Å². The molecule has 1 aliphatic rings. The molecule has 0 spiro atoms. The highest BCUT2D eigenvalue weighted by Crippen LogP contribution is 2.10. The van der Waals surface area contributed by atoms with Crippen LogP contribution in [0.4, 0.5) is 0 Å². The van der Waals surface area contributed by atoms with Crippen LogP contribution in [-0.4, -0.2) is 35.0 Å². The van der Waals surface area contributed by atoms with Gasteiger partial charge in [-0.05, 0) is 18.6 Å². The highest BCUT2D eigenvalue weighted by atomic mass is 32.2. The van der Waals surface area contributed by atoms with Gasteiger partial charge in [0.2, 0.25) is 5.91 Å². The minimum absolute atomic E-state index is 0.107. The number of aromatic nitrogens is 1. The highest BCUT2D eigenvalue weighted by Gasteiger charge is 2.16. The first-order chi connectivity index (χ1) is 8.74. The maximum atomic E-state index is 11.8. The van der Waals surface area contributed by atoms with Gasteiger partial charge in [-0.1, -0.05) is 6.07 Å². The summed E-state index contributed by atoms with van der Waals surface area (Å²) >= 11 is 1.91. The molecule has 5 heteroatoms. The quantitative estimate of drug-likeness (QED) is 0.856. The van der Waals surface area contributed by atoms with E-state index in [1.54, 1.807) is 0 Å². The summed E-state index contributed by atoms with van der Waals surface area (Å²) < 4.78 is 0. The molecule has 1 aromatic heterocycles. The monoisotopic (exact) mass is 265 g/mol. The van der Waals surface area contributed by atoms with Crippen molar-refractivity contribution in [3.8, 4) is 0 Å². The van der Waals surface area contributed by atoms with E-state index >= 15 is 0 Å². The Kier molecular flexibility index (Phi) is 5.01. The lowest BCUT2D eigenvalue weighted by molar-refractivity contribution is -0.121. The van der Waals surface area contributed by atoms with Crippen LogP contribution in [0.2, 0.25) is 0 Å². The third-order valence-electron chi connectivity index (χ3n) is 2.89. The van der Waals surface area contributed by atoms with Crippen LogP contribution in [0.15, 0.2) is 18.3 Å². The summed E-state index contributed by atoms with van der Waals surface area (Å²) in [6, 6.07) is 4.28. The van der Waals surface area contributed by atoms with Crippen LogP contribution < -0.4 is 10.6 Å². The van der Waals surface area contributed by atoms with Gasteiger partial charge in [-0.2, -0.15) is 11.8 Å². The van der Waals surface area contributed by atoms with Crippen molar-refractivity contribution >= 4 is 17.7 Å². The first-order valence-corrected chi connectivity index (χ1v) is 7.39. The van der Waals surface area contributed by atoms with Crippen LogP contribution in [0.3, 0.4) is 0 Å². The van der Waals surface area contributed by atoms with Crippen molar-refractivity contribution < 1.29 is 4.79 Å². The van der Waals surface area contributed by atoms with Gasteiger partial charge >= 0.3 is 0 Å². The average Bonchev–Trinajstić information content (AvgIpc) is 2.39. The van der Waals surface area contributed by atoms with Gasteiger partial charge < -0.3 is 10.6 Å². The number of nitrogens with zero attached hydrogens (tertiary/aromatic N) is 1. The van der Waals surface area contributed by atoms with Gasteiger partial charge in [0.1, 0.15) is 0 Å². The Labute approximate surface area is 112 Å². The molecule has 1 amide bonds. The fourth-order valence-corrected chi connectivity index (χ4v) is 2.80. The van der Waals surface area contributed by atoms with Gasteiger partial charge in [0.15, 0.2) is 0 Å². The molecule has 0 saturated carbocycles. The average molecular weight is 265 g/mol. The van der Waals surface area contributed by atoms with Crippen LogP contribution in [0.5, 0.6) is 0 Å². The third-order valence-corrected chi connectivity index (χ3v) is 4.02. The van der Waals surface area contributed by atoms with E-state index in [0.717, 1.165) is 29.3 Å². The van der Waals surface area contributed by atoms with E-state index in [1.807, 2.05) is 37.0 Å². The molecule has 0 aliphatic carbocycles. The Morgan fingerprint density at radius 3 is 3.17 bits per heavy atom. The SMILES string of the molecule is Cc1ccc(CNC(=O)CC2CSCCN2)cn1. The zero-order valence-corrected chi connectivity index (χ0v) is 11.4. The zero-order chi connectivity index (χ0) is 12.8. The molecule has 1 saturated heterocycles. The molecule has 4 nitrogen and oxygen atoms in total. The van der Waals surface area contributed by atoms with E-state index in [0.29, 0.717) is 19.0 Å². The minimum atomic E-state index is 0.107. The van der Waals surface area contributed by atoms with Crippen molar-refractivity contribution in [2.45, 2.75) is 25.9 Å². The number of carbonyl (C=O) groups excluding carboxylic acids is 1. The Bertz CT molecular complexity index is 388. The van der Waals surface area contributed by atoms with E-state index < -0.39 is 0 Å². The number of rotatable bonds is 4. The zero-order valence-electron chi connectivity index (χ0n) is 10.6. The summed E-state index contributed by atoms with van der Waals surface area (Å²) in [6.07, 6.45) is 2.37. The van der Waals surface area contributed by atoms with E-state index in [4.69, 9.17) is 0 Å². The standard InChI is InChI=1S/C13H19N3OS/c1-10-2-3-11(7-15-10)8-16-13(17)6-12-9-18-5-4-14-12/h2-3,7,12,14H,4-6,8-9H2,1H3,(H,16,17). The lowest BCUT2D eigenvalue weighted by Crippen LogP contribution is -2.41. The Balaban J connectivity index is 1.72. The van der Waals surface area contributed by atoms with Crippen molar-refractivity contribution in [3.05, 3.63) is 29.6 Å². The lowest BCUT2D eigenvalue weighted by Gasteiger charge is -2.22. The Hall–Kier alpha value is -1.07. The lowest BCUT2D eigenvalue weighted by atomic mass is 10.2. The largest absolute Gasteiger partial charge is 0.352 e. The first-order valence-electron chi connectivity index (χ1n) is 6.23. The summed E-state index contributed by atoms with van der Waals surface area (Å²) in [5.41, 5.74) is 2.04. The van der Waals surface area contributed by atoms with Gasteiger partial charge in [0.25, 0.3) is 0 Å². The minimum Gasteiger partial charge on any atom is -0.352 e. The second kappa shape index (κ2) is 6.75. The summed E-state index contributed by atoms with van der Waals surface area (Å²) in [5.74, 6) is 2.28. The molecule has 0 aromatic carbocycles. The van der Waals surface area contributed by atoms with Crippen molar-refractivity contribution in [2.24, 2.45) is 0 Å². The smallest absolute Gasteiger partial charge is 0.221 e. The van der Waals surface area contributed by atoms with Gasteiger partial charge in [0.05, 0.1) is 0 Å². The summed E-state index contributed by atoms with van der Waals surface area (Å²) in [7, 11) is 0. The molecule has 0 bridgehead atoms. The van der Waals surface area contributed by atoms with Crippen LogP contribution in [-0.2, 0) is 11.3 Å². The van der Waals surface area contributed by atoms with Gasteiger partial charge in [-0.3, -0.25) is 9.78 Å². The Morgan fingerprint density at radius 1 is 1.61 bits per heavy atom. The van der Waals surface area contributed by atoms with Gasteiger partial charge in [-0.15, -0.1) is 0 Å². The molecule has 98 valence electrons. The molecule has 1 fully saturated rings. The van der Waals surface area contributed by atoms with Crippen molar-refractivity contribution in [2.75, 3.05) is 18.1 Å². The number of hydrogen-bond donors (Lipinski definition) is 2. The van der Waals surface area contributed by atoms with Crippen LogP contribution in [0, 0.1) is 6.92 Å². The predicted octanol–water partition coefficient (Wildman–Crippen LogP) is 1.10. The van der Waals surface area contributed by atoms with E-state index in [1.165, 1.54) is 0 Å². The first kappa shape index (κ1) is 13.4.